The van der Waals surface area contributed by atoms with E-state index in [0.717, 1.165) is 35.9 Å². The molecule has 1 aromatic heterocycles. The first-order chi connectivity index (χ1) is 8.64. The van der Waals surface area contributed by atoms with Crippen molar-refractivity contribution in [2.24, 2.45) is 5.84 Å². The summed E-state index contributed by atoms with van der Waals surface area (Å²) in [5.41, 5.74) is 3.89. The number of rotatable bonds is 5. The van der Waals surface area contributed by atoms with Gasteiger partial charge in [0, 0.05) is 17.5 Å². The number of nitrogen functional groups attached to an aromatic ring is 1. The number of hydrogen-bond acceptors (Lipinski definition) is 5. The number of anilines is 2. The number of nitrogens with zero attached hydrogens (tertiary/aromatic N) is 2. The maximum atomic E-state index is 5.52. The van der Waals surface area contributed by atoms with Crippen LogP contribution in [-0.2, 0) is 6.42 Å². The van der Waals surface area contributed by atoms with Gasteiger partial charge in [-0.1, -0.05) is 13.8 Å². The lowest BCUT2D eigenvalue weighted by Crippen LogP contribution is -2.44. The van der Waals surface area contributed by atoms with Crippen LogP contribution < -0.4 is 16.6 Å². The fraction of sp³-hybridized carbons (Fsp3) is 0.692. The van der Waals surface area contributed by atoms with E-state index in [1.165, 1.54) is 19.3 Å². The Morgan fingerprint density at radius 3 is 2.33 bits per heavy atom. The van der Waals surface area contributed by atoms with Crippen LogP contribution in [0.1, 0.15) is 50.9 Å². The van der Waals surface area contributed by atoms with Gasteiger partial charge < -0.3 is 10.7 Å². The molecule has 100 valence electrons. The molecule has 0 radical (unpaired) electrons. The molecule has 1 fully saturated rings. The molecule has 0 atom stereocenters. The molecule has 5 heteroatoms. The van der Waals surface area contributed by atoms with Gasteiger partial charge in [-0.05, 0) is 32.6 Å². The summed E-state index contributed by atoms with van der Waals surface area (Å²) in [5, 5.41) is 3.61. The summed E-state index contributed by atoms with van der Waals surface area (Å²) in [7, 11) is 0. The molecular weight excluding hydrogens is 226 g/mol. The Hall–Kier alpha value is -1.36. The average Bonchev–Trinajstić information content (AvgIpc) is 2.35. The number of aromatic nitrogens is 2. The standard InChI is InChI=1S/C13H23N5/c1-4-10-15-11(9(3)12(16-10)18-14)17-13(5-2)7-6-8-13/h4-8,14H2,1-3H3,(H2,15,16,17,18). The second-order valence-electron chi connectivity index (χ2n) is 5.07. The first-order valence-electron chi connectivity index (χ1n) is 6.76. The topological polar surface area (TPSA) is 75.9 Å². The molecule has 1 heterocycles. The zero-order chi connectivity index (χ0) is 13.2. The lowest BCUT2D eigenvalue weighted by molar-refractivity contribution is 0.268. The molecule has 0 aromatic carbocycles. The van der Waals surface area contributed by atoms with Crippen LogP contribution in [0.4, 0.5) is 11.6 Å². The first kappa shape index (κ1) is 13.1. The molecule has 1 saturated carbocycles. The maximum Gasteiger partial charge on any atom is 0.148 e. The number of nitrogens with one attached hydrogen (secondary N) is 2. The summed E-state index contributed by atoms with van der Waals surface area (Å²) in [6, 6.07) is 0. The molecule has 1 aliphatic carbocycles. The zero-order valence-corrected chi connectivity index (χ0v) is 11.5. The number of hydrogen-bond donors (Lipinski definition) is 3. The van der Waals surface area contributed by atoms with Gasteiger partial charge in [0.1, 0.15) is 17.5 Å². The summed E-state index contributed by atoms with van der Waals surface area (Å²) in [4.78, 5) is 8.98. The van der Waals surface area contributed by atoms with E-state index in [2.05, 4.69) is 27.6 Å². The van der Waals surface area contributed by atoms with Crippen molar-refractivity contribution < 1.29 is 0 Å². The third-order valence-corrected chi connectivity index (χ3v) is 4.02. The highest BCUT2D eigenvalue weighted by Crippen LogP contribution is 2.38. The number of hydrazine groups is 1. The van der Waals surface area contributed by atoms with E-state index >= 15 is 0 Å². The van der Waals surface area contributed by atoms with Gasteiger partial charge in [-0.25, -0.2) is 15.8 Å². The minimum Gasteiger partial charge on any atom is -0.364 e. The third kappa shape index (κ3) is 2.27. The fourth-order valence-corrected chi connectivity index (χ4v) is 2.40. The Bertz CT molecular complexity index is 420. The Morgan fingerprint density at radius 1 is 1.22 bits per heavy atom. The lowest BCUT2D eigenvalue weighted by Gasteiger charge is -2.42. The van der Waals surface area contributed by atoms with Crippen molar-refractivity contribution in [1.82, 2.24) is 9.97 Å². The Labute approximate surface area is 109 Å². The summed E-state index contributed by atoms with van der Waals surface area (Å²) in [6.07, 6.45) is 5.68. The second-order valence-corrected chi connectivity index (χ2v) is 5.07. The minimum atomic E-state index is 0.232. The van der Waals surface area contributed by atoms with E-state index in [4.69, 9.17) is 5.84 Å². The van der Waals surface area contributed by atoms with Crippen molar-refractivity contribution in [1.29, 1.82) is 0 Å². The van der Waals surface area contributed by atoms with Crippen molar-refractivity contribution in [3.05, 3.63) is 11.4 Å². The van der Waals surface area contributed by atoms with Crippen LogP contribution in [0.25, 0.3) is 0 Å². The van der Waals surface area contributed by atoms with E-state index < -0.39 is 0 Å². The fourth-order valence-electron chi connectivity index (χ4n) is 2.40. The number of nitrogens with two attached hydrogens (primary N) is 1. The highest BCUT2D eigenvalue weighted by molar-refractivity contribution is 5.58. The summed E-state index contributed by atoms with van der Waals surface area (Å²) in [5.74, 6) is 7.98. The largest absolute Gasteiger partial charge is 0.364 e. The molecule has 2 rings (SSSR count). The van der Waals surface area contributed by atoms with E-state index in [-0.39, 0.29) is 5.54 Å². The molecule has 0 aliphatic heterocycles. The molecule has 0 unspecified atom stereocenters. The van der Waals surface area contributed by atoms with Crippen LogP contribution in [0.3, 0.4) is 0 Å². The van der Waals surface area contributed by atoms with Crippen molar-refractivity contribution in [2.75, 3.05) is 10.7 Å². The van der Waals surface area contributed by atoms with Crippen molar-refractivity contribution in [2.45, 2.75) is 58.4 Å². The molecule has 0 amide bonds. The molecule has 4 N–H and O–H groups in total. The number of aryl methyl sites for hydroxylation is 1. The minimum absolute atomic E-state index is 0.232. The van der Waals surface area contributed by atoms with Crippen molar-refractivity contribution >= 4 is 11.6 Å². The molecule has 18 heavy (non-hydrogen) atoms. The Morgan fingerprint density at radius 2 is 1.89 bits per heavy atom. The normalized spacial score (nSPS) is 17.1. The van der Waals surface area contributed by atoms with Crippen LogP contribution in [-0.4, -0.2) is 15.5 Å². The van der Waals surface area contributed by atoms with E-state index in [1.54, 1.807) is 0 Å². The van der Waals surface area contributed by atoms with Crippen molar-refractivity contribution in [3.8, 4) is 0 Å². The molecule has 1 aromatic rings. The van der Waals surface area contributed by atoms with Gasteiger partial charge in [-0.2, -0.15) is 0 Å². The quantitative estimate of drug-likeness (QED) is 0.552. The third-order valence-electron chi connectivity index (χ3n) is 4.02. The molecular formula is C13H23N5. The molecule has 1 aliphatic rings. The van der Waals surface area contributed by atoms with Crippen LogP contribution >= 0.6 is 0 Å². The first-order valence-corrected chi connectivity index (χ1v) is 6.76. The van der Waals surface area contributed by atoms with E-state index in [9.17, 15) is 0 Å². The Kier molecular flexibility index (Phi) is 3.71. The van der Waals surface area contributed by atoms with Gasteiger partial charge in [-0.15, -0.1) is 0 Å². The molecule has 0 saturated heterocycles. The predicted octanol–water partition coefficient (Wildman–Crippen LogP) is 2.38. The zero-order valence-electron chi connectivity index (χ0n) is 11.5. The maximum absolute atomic E-state index is 5.52. The Balaban J connectivity index is 2.31. The van der Waals surface area contributed by atoms with E-state index in [0.29, 0.717) is 0 Å². The van der Waals surface area contributed by atoms with Crippen LogP contribution in [0, 0.1) is 6.92 Å². The molecule has 0 bridgehead atoms. The SMILES string of the molecule is CCc1nc(NN)c(C)c(NC2(CC)CCC2)n1. The average molecular weight is 249 g/mol. The van der Waals surface area contributed by atoms with Gasteiger partial charge >= 0.3 is 0 Å². The lowest BCUT2D eigenvalue weighted by atomic mass is 9.75. The second kappa shape index (κ2) is 5.10. The molecule has 5 nitrogen and oxygen atoms in total. The summed E-state index contributed by atoms with van der Waals surface area (Å²) in [6.45, 7) is 6.28. The highest BCUT2D eigenvalue weighted by atomic mass is 15.3. The molecule has 0 spiro atoms. The summed E-state index contributed by atoms with van der Waals surface area (Å²) >= 11 is 0. The van der Waals surface area contributed by atoms with Crippen LogP contribution in [0.5, 0.6) is 0 Å². The van der Waals surface area contributed by atoms with Crippen LogP contribution in [0.15, 0.2) is 0 Å². The monoisotopic (exact) mass is 249 g/mol. The van der Waals surface area contributed by atoms with Gasteiger partial charge in [0.2, 0.25) is 0 Å². The predicted molar refractivity (Wildman–Crippen MR) is 74.5 cm³/mol. The highest BCUT2D eigenvalue weighted by Gasteiger charge is 2.35. The van der Waals surface area contributed by atoms with Gasteiger partial charge in [0.25, 0.3) is 0 Å². The van der Waals surface area contributed by atoms with Gasteiger partial charge in [0.05, 0.1) is 0 Å². The van der Waals surface area contributed by atoms with E-state index in [1.807, 2.05) is 13.8 Å². The van der Waals surface area contributed by atoms with Gasteiger partial charge in [0.15, 0.2) is 0 Å². The van der Waals surface area contributed by atoms with Gasteiger partial charge in [-0.3, -0.25) is 0 Å². The van der Waals surface area contributed by atoms with Crippen LogP contribution in [0.2, 0.25) is 0 Å². The smallest absolute Gasteiger partial charge is 0.148 e. The summed E-state index contributed by atoms with van der Waals surface area (Å²) < 4.78 is 0. The van der Waals surface area contributed by atoms with Crippen molar-refractivity contribution in [3.63, 3.8) is 0 Å².